The van der Waals surface area contributed by atoms with E-state index in [1.54, 1.807) is 0 Å². The zero-order valence-corrected chi connectivity index (χ0v) is 20.0. The van der Waals surface area contributed by atoms with Crippen molar-refractivity contribution >= 4 is 21.8 Å². The average molecular weight is 493 g/mol. The van der Waals surface area contributed by atoms with Gasteiger partial charge in [-0.05, 0) is 35.7 Å². The number of rotatable bonds is 7. The minimum Gasteiger partial charge on any atom is -0.493 e. The highest BCUT2D eigenvalue weighted by atomic mass is 79.9. The minimum absolute atomic E-state index is 0.0352. The third-order valence-corrected chi connectivity index (χ3v) is 6.32. The molecule has 0 aliphatic carbocycles. The number of piperazine rings is 1. The van der Waals surface area contributed by atoms with E-state index in [1.165, 1.54) is 11.1 Å². The second-order valence-corrected chi connectivity index (χ2v) is 8.96. The zero-order chi connectivity index (χ0) is 22.3. The highest BCUT2D eigenvalue weighted by molar-refractivity contribution is 9.10. The first-order chi connectivity index (χ1) is 15.7. The summed E-state index contributed by atoms with van der Waals surface area (Å²) in [5, 5.41) is 0. The van der Waals surface area contributed by atoms with Crippen LogP contribution in [0.3, 0.4) is 0 Å². The first-order valence-electron chi connectivity index (χ1n) is 11.2. The topological polar surface area (TPSA) is 32.8 Å². The van der Waals surface area contributed by atoms with Crippen LogP contribution in [0, 0.1) is 0 Å². The lowest BCUT2D eigenvalue weighted by Gasteiger charge is -2.40. The van der Waals surface area contributed by atoms with Crippen molar-refractivity contribution in [3.63, 3.8) is 0 Å². The number of carbonyl (C=O) groups excluding carboxylic acids is 1. The Morgan fingerprint density at radius 1 is 0.906 bits per heavy atom. The maximum absolute atomic E-state index is 13.4. The Bertz CT molecular complexity index is 979. The van der Waals surface area contributed by atoms with Crippen LogP contribution in [0.4, 0.5) is 0 Å². The van der Waals surface area contributed by atoms with Crippen LogP contribution >= 0.6 is 15.9 Å². The summed E-state index contributed by atoms with van der Waals surface area (Å²) in [4.78, 5) is 17.8. The van der Waals surface area contributed by atoms with Gasteiger partial charge in [-0.25, -0.2) is 0 Å². The lowest BCUT2D eigenvalue weighted by molar-refractivity contribution is 0.0593. The fourth-order valence-corrected chi connectivity index (χ4v) is 4.61. The molecule has 0 spiro atoms. The molecule has 0 N–H and O–H groups in total. The van der Waals surface area contributed by atoms with Crippen LogP contribution in [0.5, 0.6) is 5.75 Å². The predicted molar refractivity (Wildman–Crippen MR) is 132 cm³/mol. The number of ether oxygens (including phenoxy) is 1. The lowest BCUT2D eigenvalue weighted by Crippen LogP contribution is -2.50. The number of nitrogens with zero attached hydrogens (tertiary/aromatic N) is 2. The van der Waals surface area contributed by atoms with Crippen LogP contribution in [-0.2, 0) is 0 Å². The summed E-state index contributed by atoms with van der Waals surface area (Å²) < 4.78 is 6.74. The fraction of sp³-hybridized carbons (Fsp3) is 0.296. The normalized spacial score (nSPS) is 14.5. The SMILES string of the molecule is CCCOc1ccc(Br)cc1C(=O)N1CCN(C(c2ccccc2)c2ccccc2)CC1. The predicted octanol–water partition coefficient (Wildman–Crippen LogP) is 5.79. The van der Waals surface area contributed by atoms with Crippen molar-refractivity contribution in [1.29, 1.82) is 0 Å². The van der Waals surface area contributed by atoms with Gasteiger partial charge in [-0.3, -0.25) is 9.69 Å². The number of hydrogen-bond donors (Lipinski definition) is 0. The van der Waals surface area contributed by atoms with Gasteiger partial charge in [-0.2, -0.15) is 0 Å². The van der Waals surface area contributed by atoms with Gasteiger partial charge in [0.1, 0.15) is 5.75 Å². The van der Waals surface area contributed by atoms with Crippen molar-refractivity contribution in [2.45, 2.75) is 19.4 Å². The van der Waals surface area contributed by atoms with Crippen LogP contribution in [0.25, 0.3) is 0 Å². The first kappa shape index (κ1) is 22.6. The van der Waals surface area contributed by atoms with Crippen molar-refractivity contribution in [1.82, 2.24) is 9.80 Å². The molecule has 1 saturated heterocycles. The molecular formula is C27H29BrN2O2. The Balaban J connectivity index is 1.51. The van der Waals surface area contributed by atoms with Crippen molar-refractivity contribution in [2.24, 2.45) is 0 Å². The smallest absolute Gasteiger partial charge is 0.257 e. The molecule has 1 aliphatic heterocycles. The van der Waals surface area contributed by atoms with Crippen LogP contribution in [0.1, 0.15) is 40.9 Å². The van der Waals surface area contributed by atoms with E-state index < -0.39 is 0 Å². The van der Waals surface area contributed by atoms with Crippen LogP contribution in [-0.4, -0.2) is 48.5 Å². The van der Waals surface area contributed by atoms with Crippen molar-refractivity contribution in [3.8, 4) is 5.75 Å². The van der Waals surface area contributed by atoms with E-state index in [9.17, 15) is 4.79 Å². The summed E-state index contributed by atoms with van der Waals surface area (Å²) in [6, 6.07) is 27.1. The van der Waals surface area contributed by atoms with E-state index >= 15 is 0 Å². The van der Waals surface area contributed by atoms with Crippen molar-refractivity contribution in [2.75, 3.05) is 32.8 Å². The Labute approximate surface area is 198 Å². The Morgan fingerprint density at radius 2 is 1.50 bits per heavy atom. The maximum atomic E-state index is 13.4. The lowest BCUT2D eigenvalue weighted by atomic mass is 9.96. The molecule has 5 heteroatoms. The summed E-state index contributed by atoms with van der Waals surface area (Å²) in [5.74, 6) is 0.696. The van der Waals surface area contributed by atoms with Gasteiger partial charge < -0.3 is 9.64 Å². The second kappa shape index (κ2) is 10.8. The molecule has 0 atom stereocenters. The molecule has 0 aromatic heterocycles. The molecule has 4 nitrogen and oxygen atoms in total. The third-order valence-electron chi connectivity index (χ3n) is 5.83. The van der Waals surface area contributed by atoms with E-state index in [2.05, 4.69) is 88.4 Å². The largest absolute Gasteiger partial charge is 0.493 e. The van der Waals surface area contributed by atoms with Gasteiger partial charge in [0.05, 0.1) is 18.2 Å². The number of halogens is 1. The molecule has 0 radical (unpaired) electrons. The van der Waals surface area contributed by atoms with E-state index in [4.69, 9.17) is 4.74 Å². The summed E-state index contributed by atoms with van der Waals surface area (Å²) in [6.07, 6.45) is 0.905. The monoisotopic (exact) mass is 492 g/mol. The second-order valence-electron chi connectivity index (χ2n) is 8.04. The van der Waals surface area contributed by atoms with E-state index in [0.29, 0.717) is 31.0 Å². The average Bonchev–Trinajstić information content (AvgIpc) is 2.85. The molecule has 1 fully saturated rings. The van der Waals surface area contributed by atoms with Crippen LogP contribution in [0.2, 0.25) is 0 Å². The molecule has 0 unspecified atom stereocenters. The van der Waals surface area contributed by atoms with Gasteiger partial charge in [0.25, 0.3) is 5.91 Å². The standard InChI is InChI=1S/C27H29BrN2O2/c1-2-19-32-25-14-13-23(28)20-24(25)27(31)30-17-15-29(16-18-30)26(21-9-5-3-6-10-21)22-11-7-4-8-12-22/h3-14,20,26H,2,15-19H2,1H3. The Morgan fingerprint density at radius 3 is 2.06 bits per heavy atom. The van der Waals surface area contributed by atoms with Gasteiger partial charge in [0.2, 0.25) is 0 Å². The van der Waals surface area contributed by atoms with E-state index in [1.807, 2.05) is 23.1 Å². The highest BCUT2D eigenvalue weighted by Crippen LogP contribution is 2.30. The molecule has 0 saturated carbocycles. The number of benzene rings is 3. The van der Waals surface area contributed by atoms with Gasteiger partial charge in [-0.1, -0.05) is 83.5 Å². The third kappa shape index (κ3) is 5.22. The fourth-order valence-electron chi connectivity index (χ4n) is 4.25. The summed E-state index contributed by atoms with van der Waals surface area (Å²) in [7, 11) is 0. The Kier molecular flexibility index (Phi) is 7.61. The quantitative estimate of drug-likeness (QED) is 0.418. The molecular weight excluding hydrogens is 464 g/mol. The van der Waals surface area contributed by atoms with Crippen LogP contribution < -0.4 is 4.74 Å². The molecule has 1 aliphatic rings. The zero-order valence-electron chi connectivity index (χ0n) is 18.4. The van der Waals surface area contributed by atoms with Gasteiger partial charge in [0, 0.05) is 30.7 Å². The number of hydrogen-bond acceptors (Lipinski definition) is 3. The molecule has 0 bridgehead atoms. The summed E-state index contributed by atoms with van der Waals surface area (Å²) in [5.41, 5.74) is 3.19. The first-order valence-corrected chi connectivity index (χ1v) is 12.0. The molecule has 1 heterocycles. The summed E-state index contributed by atoms with van der Waals surface area (Å²) in [6.45, 7) is 5.68. The highest BCUT2D eigenvalue weighted by Gasteiger charge is 2.29. The van der Waals surface area contributed by atoms with Crippen molar-refractivity contribution in [3.05, 3.63) is 100 Å². The molecule has 32 heavy (non-hydrogen) atoms. The van der Waals surface area contributed by atoms with Crippen LogP contribution in [0.15, 0.2) is 83.3 Å². The Hall–Kier alpha value is -2.63. The van der Waals surface area contributed by atoms with Crippen molar-refractivity contribution < 1.29 is 9.53 Å². The molecule has 166 valence electrons. The van der Waals surface area contributed by atoms with E-state index in [-0.39, 0.29) is 11.9 Å². The maximum Gasteiger partial charge on any atom is 0.257 e. The molecule has 3 aromatic carbocycles. The van der Waals surface area contributed by atoms with Gasteiger partial charge in [0.15, 0.2) is 0 Å². The molecule has 4 rings (SSSR count). The summed E-state index contributed by atoms with van der Waals surface area (Å²) >= 11 is 3.50. The molecule has 1 amide bonds. The van der Waals surface area contributed by atoms with Gasteiger partial charge in [-0.15, -0.1) is 0 Å². The van der Waals surface area contributed by atoms with Gasteiger partial charge >= 0.3 is 0 Å². The molecule has 3 aromatic rings. The minimum atomic E-state index is 0.0352. The van der Waals surface area contributed by atoms with E-state index in [0.717, 1.165) is 24.0 Å². The number of amides is 1. The number of carbonyl (C=O) groups is 1.